The summed E-state index contributed by atoms with van der Waals surface area (Å²) in [6.45, 7) is 1.62. The molecule has 0 aliphatic carbocycles. The van der Waals surface area contributed by atoms with Gasteiger partial charge < -0.3 is 14.2 Å². The molecule has 0 spiro atoms. The molecule has 138 valence electrons. The molecule has 1 aromatic heterocycles. The number of imidazole rings is 1. The number of benzene rings is 1. The Labute approximate surface area is 153 Å². The molecule has 2 heterocycles. The Kier molecular flexibility index (Phi) is 5.55. The second kappa shape index (κ2) is 8.03. The van der Waals surface area contributed by atoms with Gasteiger partial charge in [-0.2, -0.15) is 0 Å². The number of nitrogens with one attached hydrogen (secondary N) is 1. The number of carbonyl (C=O) groups excluding carboxylic acids is 2. The Hall–Kier alpha value is -2.83. The van der Waals surface area contributed by atoms with E-state index in [1.54, 1.807) is 13.3 Å². The zero-order valence-corrected chi connectivity index (χ0v) is 15.2. The van der Waals surface area contributed by atoms with E-state index in [9.17, 15) is 9.59 Å². The Morgan fingerprint density at radius 2 is 1.85 bits per heavy atom. The fourth-order valence-corrected chi connectivity index (χ4v) is 3.09. The molecule has 7 heteroatoms. The smallest absolute Gasteiger partial charge is 0.227 e. The van der Waals surface area contributed by atoms with Crippen molar-refractivity contribution in [1.82, 2.24) is 14.5 Å². The summed E-state index contributed by atoms with van der Waals surface area (Å²) < 4.78 is 6.99. The molecule has 0 unspecified atom stereocenters. The summed E-state index contributed by atoms with van der Waals surface area (Å²) in [5.74, 6) is 1.10. The number of methoxy groups -OCH3 is 1. The number of carbonyl (C=O) groups is 2. The van der Waals surface area contributed by atoms with Crippen molar-refractivity contribution in [2.24, 2.45) is 7.05 Å². The molecule has 3 rings (SSSR count). The highest BCUT2D eigenvalue weighted by Gasteiger charge is 2.19. The van der Waals surface area contributed by atoms with Crippen LogP contribution in [-0.2, 0) is 16.6 Å². The maximum atomic E-state index is 12.2. The predicted molar refractivity (Wildman–Crippen MR) is 98.9 cm³/mol. The number of hydrogen-bond donors (Lipinski definition) is 1. The molecular formula is C19H24N4O3. The molecule has 0 saturated carbocycles. The molecule has 2 amide bonds. The number of ether oxygens (including phenoxy) is 1. The first-order valence-corrected chi connectivity index (χ1v) is 8.82. The minimum Gasteiger partial charge on any atom is -0.497 e. The molecule has 1 fully saturated rings. The zero-order chi connectivity index (χ0) is 18.5. The van der Waals surface area contributed by atoms with Gasteiger partial charge in [0.1, 0.15) is 5.75 Å². The third kappa shape index (κ3) is 4.04. The first-order chi connectivity index (χ1) is 12.6. The molecular weight excluding hydrogens is 332 g/mol. The van der Waals surface area contributed by atoms with Crippen molar-refractivity contribution in [2.75, 3.05) is 25.5 Å². The summed E-state index contributed by atoms with van der Waals surface area (Å²) in [5.41, 5.74) is 1.86. The van der Waals surface area contributed by atoms with Gasteiger partial charge in [0.2, 0.25) is 17.8 Å². The number of likely N-dealkylation sites (tertiary alicyclic amines) is 1. The number of rotatable bonds is 6. The van der Waals surface area contributed by atoms with Crippen LogP contribution in [0.15, 0.2) is 30.5 Å². The lowest BCUT2D eigenvalue weighted by Crippen LogP contribution is -2.28. The summed E-state index contributed by atoms with van der Waals surface area (Å²) in [4.78, 5) is 30.3. The van der Waals surface area contributed by atoms with Gasteiger partial charge in [-0.3, -0.25) is 14.9 Å². The molecule has 1 N–H and O–H groups in total. The second-order valence-corrected chi connectivity index (χ2v) is 6.39. The number of hydrogen-bond acceptors (Lipinski definition) is 4. The van der Waals surface area contributed by atoms with Crippen LogP contribution in [0, 0.1) is 0 Å². The molecule has 1 aromatic carbocycles. The molecule has 1 aliphatic rings. The van der Waals surface area contributed by atoms with E-state index >= 15 is 0 Å². The van der Waals surface area contributed by atoms with Gasteiger partial charge in [-0.25, -0.2) is 4.98 Å². The van der Waals surface area contributed by atoms with Crippen LogP contribution in [0.2, 0.25) is 0 Å². The highest BCUT2D eigenvalue weighted by Crippen LogP contribution is 2.24. The van der Waals surface area contributed by atoms with E-state index in [4.69, 9.17) is 4.74 Å². The van der Waals surface area contributed by atoms with E-state index in [1.807, 2.05) is 40.8 Å². The van der Waals surface area contributed by atoms with Crippen molar-refractivity contribution in [3.05, 3.63) is 30.5 Å². The van der Waals surface area contributed by atoms with E-state index in [2.05, 4.69) is 10.3 Å². The van der Waals surface area contributed by atoms with E-state index in [0.29, 0.717) is 5.95 Å². The Morgan fingerprint density at radius 3 is 2.50 bits per heavy atom. The van der Waals surface area contributed by atoms with Gasteiger partial charge in [0.25, 0.3) is 0 Å². The largest absolute Gasteiger partial charge is 0.497 e. The van der Waals surface area contributed by atoms with Crippen LogP contribution in [0.25, 0.3) is 11.3 Å². The normalized spacial score (nSPS) is 13.7. The van der Waals surface area contributed by atoms with Crippen molar-refractivity contribution >= 4 is 17.8 Å². The first-order valence-electron chi connectivity index (χ1n) is 8.82. The van der Waals surface area contributed by atoms with Gasteiger partial charge in [-0.05, 0) is 37.1 Å². The number of aromatic nitrogens is 2. The second-order valence-electron chi connectivity index (χ2n) is 6.39. The summed E-state index contributed by atoms with van der Waals surface area (Å²) in [6.07, 6.45) is 4.23. The van der Waals surface area contributed by atoms with Gasteiger partial charge in [0.05, 0.1) is 19.0 Å². The van der Waals surface area contributed by atoms with Gasteiger partial charge in [-0.1, -0.05) is 0 Å². The Balaban J connectivity index is 1.58. The predicted octanol–water partition coefficient (Wildman–Crippen LogP) is 2.44. The maximum absolute atomic E-state index is 12.2. The summed E-state index contributed by atoms with van der Waals surface area (Å²) in [5, 5.41) is 2.79. The lowest BCUT2D eigenvalue weighted by atomic mass is 10.1. The van der Waals surface area contributed by atoms with Crippen LogP contribution in [-0.4, -0.2) is 46.5 Å². The standard InChI is InChI=1S/C19H24N4O3/c1-22-16(14-5-7-15(26-2)8-6-14)13-20-19(22)21-17(24)9-10-18(25)23-11-3-4-12-23/h5-8,13H,3-4,9-12H2,1-2H3,(H,20,21,24). The Morgan fingerprint density at radius 1 is 1.15 bits per heavy atom. The highest BCUT2D eigenvalue weighted by atomic mass is 16.5. The number of anilines is 1. The summed E-state index contributed by atoms with van der Waals surface area (Å²) in [6, 6.07) is 7.64. The van der Waals surface area contributed by atoms with Crippen LogP contribution < -0.4 is 10.1 Å². The van der Waals surface area contributed by atoms with E-state index in [-0.39, 0.29) is 24.7 Å². The first kappa shape index (κ1) is 18.0. The monoisotopic (exact) mass is 356 g/mol. The average Bonchev–Trinajstić information content (AvgIpc) is 3.31. The molecule has 0 bridgehead atoms. The summed E-state index contributed by atoms with van der Waals surface area (Å²) >= 11 is 0. The van der Waals surface area contributed by atoms with Crippen LogP contribution >= 0.6 is 0 Å². The molecule has 0 atom stereocenters. The van der Waals surface area contributed by atoms with Crippen LogP contribution in [0.1, 0.15) is 25.7 Å². The van der Waals surface area contributed by atoms with Crippen molar-refractivity contribution < 1.29 is 14.3 Å². The van der Waals surface area contributed by atoms with E-state index in [1.165, 1.54) is 0 Å². The maximum Gasteiger partial charge on any atom is 0.227 e. The van der Waals surface area contributed by atoms with Crippen LogP contribution in [0.3, 0.4) is 0 Å². The minimum atomic E-state index is -0.201. The van der Waals surface area contributed by atoms with Gasteiger partial charge in [0.15, 0.2) is 0 Å². The van der Waals surface area contributed by atoms with Crippen molar-refractivity contribution in [1.29, 1.82) is 0 Å². The molecule has 7 nitrogen and oxygen atoms in total. The van der Waals surface area contributed by atoms with Gasteiger partial charge >= 0.3 is 0 Å². The van der Waals surface area contributed by atoms with Crippen molar-refractivity contribution in [3.63, 3.8) is 0 Å². The van der Waals surface area contributed by atoms with Gasteiger partial charge in [-0.15, -0.1) is 0 Å². The quantitative estimate of drug-likeness (QED) is 0.862. The Bertz CT molecular complexity index is 777. The summed E-state index contributed by atoms with van der Waals surface area (Å²) in [7, 11) is 3.47. The number of nitrogens with zero attached hydrogens (tertiary/aromatic N) is 3. The molecule has 1 saturated heterocycles. The van der Waals surface area contributed by atoms with Crippen molar-refractivity contribution in [3.8, 4) is 17.0 Å². The third-order valence-electron chi connectivity index (χ3n) is 4.65. The third-order valence-corrected chi connectivity index (χ3v) is 4.65. The SMILES string of the molecule is COc1ccc(-c2cnc(NC(=O)CCC(=O)N3CCCC3)n2C)cc1. The van der Waals surface area contributed by atoms with Crippen LogP contribution in [0.4, 0.5) is 5.95 Å². The fraction of sp³-hybridized carbons (Fsp3) is 0.421. The van der Waals surface area contributed by atoms with Crippen LogP contribution in [0.5, 0.6) is 5.75 Å². The topological polar surface area (TPSA) is 76.5 Å². The lowest BCUT2D eigenvalue weighted by molar-refractivity contribution is -0.131. The minimum absolute atomic E-state index is 0.0522. The molecule has 2 aromatic rings. The fourth-order valence-electron chi connectivity index (χ4n) is 3.09. The average molecular weight is 356 g/mol. The highest BCUT2D eigenvalue weighted by molar-refractivity contribution is 5.92. The van der Waals surface area contributed by atoms with Gasteiger partial charge in [0, 0.05) is 38.5 Å². The molecule has 0 radical (unpaired) electrons. The lowest BCUT2D eigenvalue weighted by Gasteiger charge is -2.14. The van der Waals surface area contributed by atoms with E-state index < -0.39 is 0 Å². The number of amides is 2. The molecule has 26 heavy (non-hydrogen) atoms. The van der Waals surface area contributed by atoms with E-state index in [0.717, 1.165) is 42.9 Å². The van der Waals surface area contributed by atoms with Crippen molar-refractivity contribution in [2.45, 2.75) is 25.7 Å². The molecule has 1 aliphatic heterocycles. The zero-order valence-electron chi connectivity index (χ0n) is 15.2.